The summed E-state index contributed by atoms with van der Waals surface area (Å²) in [6, 6.07) is 8.48. The molecule has 39 heavy (non-hydrogen) atoms. The van der Waals surface area contributed by atoms with Crippen LogP contribution in [0.1, 0.15) is 50.5 Å². The van der Waals surface area contributed by atoms with Crippen molar-refractivity contribution in [3.8, 4) is 11.3 Å². The molecule has 10 heteroatoms. The molecule has 3 aliphatic rings. The summed E-state index contributed by atoms with van der Waals surface area (Å²) in [5, 5.41) is 3.08. The molecule has 0 spiro atoms. The number of imidazole rings is 1. The van der Waals surface area contributed by atoms with Crippen molar-refractivity contribution in [2.24, 2.45) is 0 Å². The van der Waals surface area contributed by atoms with Crippen LogP contribution < -0.4 is 5.32 Å². The van der Waals surface area contributed by atoms with Gasteiger partial charge in [0.15, 0.2) is 11.6 Å². The lowest BCUT2D eigenvalue weighted by Gasteiger charge is -2.40. The van der Waals surface area contributed by atoms with Crippen LogP contribution in [0.4, 0.5) is 20.5 Å². The summed E-state index contributed by atoms with van der Waals surface area (Å²) < 4.78 is 31.9. The molecule has 0 saturated carbocycles. The van der Waals surface area contributed by atoms with E-state index in [1.807, 2.05) is 16.8 Å². The number of pyridine rings is 1. The highest BCUT2D eigenvalue weighted by Gasteiger charge is 2.39. The van der Waals surface area contributed by atoms with Crippen LogP contribution >= 0.6 is 0 Å². The first-order valence-corrected chi connectivity index (χ1v) is 13.9. The van der Waals surface area contributed by atoms with Crippen LogP contribution in [-0.2, 0) is 13.0 Å². The summed E-state index contributed by atoms with van der Waals surface area (Å²) in [6.07, 6.45) is 7.28. The van der Waals surface area contributed by atoms with Gasteiger partial charge in [-0.3, -0.25) is 4.90 Å². The van der Waals surface area contributed by atoms with Gasteiger partial charge >= 0.3 is 0 Å². The number of hydrogen-bond acceptors (Lipinski definition) is 7. The Bertz CT molecular complexity index is 1520. The summed E-state index contributed by atoms with van der Waals surface area (Å²) in [4.78, 5) is 22.7. The van der Waals surface area contributed by atoms with Gasteiger partial charge in [0.1, 0.15) is 22.9 Å². The lowest BCUT2D eigenvalue weighted by Crippen LogP contribution is -2.52. The molecule has 2 fully saturated rings. The number of anilines is 2. The molecule has 3 aromatic heterocycles. The Labute approximate surface area is 226 Å². The molecular weight excluding hydrogens is 498 g/mol. The van der Waals surface area contributed by atoms with Gasteiger partial charge in [-0.15, -0.1) is 0 Å². The third-order valence-electron chi connectivity index (χ3n) is 8.65. The topological polar surface area (TPSA) is 75.0 Å². The summed E-state index contributed by atoms with van der Waals surface area (Å²) in [6.45, 7) is 8.62. The number of benzene rings is 1. The highest BCUT2D eigenvalue weighted by molar-refractivity contribution is 5.83. The average Bonchev–Trinajstić information content (AvgIpc) is 3.56. The van der Waals surface area contributed by atoms with E-state index in [9.17, 15) is 4.39 Å². The predicted molar refractivity (Wildman–Crippen MR) is 146 cm³/mol. The molecule has 2 unspecified atom stereocenters. The Balaban J connectivity index is 1.10. The number of piperazine rings is 1. The van der Waals surface area contributed by atoms with Gasteiger partial charge in [0, 0.05) is 55.9 Å². The largest absolute Gasteiger partial charge is 0.325 e. The minimum Gasteiger partial charge on any atom is -0.325 e. The molecular formula is C29H32F2N8. The monoisotopic (exact) mass is 530 g/mol. The third-order valence-corrected chi connectivity index (χ3v) is 8.65. The van der Waals surface area contributed by atoms with Crippen LogP contribution in [0.5, 0.6) is 0 Å². The van der Waals surface area contributed by atoms with E-state index < -0.39 is 11.6 Å². The zero-order valence-corrected chi connectivity index (χ0v) is 22.2. The molecule has 4 aromatic rings. The molecule has 0 amide bonds. The highest BCUT2D eigenvalue weighted by Crippen LogP contribution is 2.35. The lowest BCUT2D eigenvalue weighted by molar-refractivity contribution is 0.0641. The lowest BCUT2D eigenvalue weighted by atomic mass is 10.1. The predicted octanol–water partition coefficient (Wildman–Crippen LogP) is 5.09. The fraction of sp³-hybridized carbons (Fsp3) is 0.448. The number of nitrogens with zero attached hydrogens (tertiary/aromatic N) is 7. The Morgan fingerprint density at radius 1 is 0.974 bits per heavy atom. The normalized spacial score (nSPS) is 23.0. The molecule has 8 nitrogen and oxygen atoms in total. The number of halogens is 2. The van der Waals surface area contributed by atoms with Gasteiger partial charge in [-0.1, -0.05) is 13.0 Å². The van der Waals surface area contributed by atoms with Crippen molar-refractivity contribution >= 4 is 22.8 Å². The number of aromatic nitrogens is 5. The van der Waals surface area contributed by atoms with Crippen LogP contribution in [0.3, 0.4) is 0 Å². The van der Waals surface area contributed by atoms with E-state index in [2.05, 4.69) is 55.0 Å². The van der Waals surface area contributed by atoms with E-state index in [-0.39, 0.29) is 17.7 Å². The van der Waals surface area contributed by atoms with Crippen molar-refractivity contribution in [2.45, 2.75) is 64.2 Å². The van der Waals surface area contributed by atoms with E-state index in [0.717, 1.165) is 56.6 Å². The number of nitrogens with one attached hydrogen (secondary N) is 1. The van der Waals surface area contributed by atoms with Crippen LogP contribution in [0.15, 0.2) is 36.7 Å². The van der Waals surface area contributed by atoms with Crippen molar-refractivity contribution in [2.75, 3.05) is 25.0 Å². The second-order valence-corrected chi connectivity index (χ2v) is 11.1. The Kier molecular flexibility index (Phi) is 6.04. The van der Waals surface area contributed by atoms with Gasteiger partial charge < -0.3 is 14.8 Å². The second kappa shape index (κ2) is 9.60. The standard InChI is InChI=1S/C29H32F2N8/c1-3-37-15-20-6-7-21(16-37)38(20)14-18-5-8-25(32-12-18)34-29-33-13-23(31)27(36-29)19-10-22(30)28-24(11-19)39-17(2)4-9-26(39)35-28/h5,8,10-13,17,20-21H,3-4,6-7,9,14-16H2,1-2H3,(H,32,33,34,36)/t17-,20?,21?/m1/s1. The molecule has 2 saturated heterocycles. The minimum absolute atomic E-state index is 0.0350. The fourth-order valence-electron chi connectivity index (χ4n) is 6.61. The SMILES string of the molecule is CCN1CC2CCC(C1)N2Cc1ccc(Nc2ncc(F)c(-c3cc(F)c4nc5n(c4c3)[C@H](C)CC5)n2)nc1. The Morgan fingerprint density at radius 3 is 2.54 bits per heavy atom. The molecule has 3 aliphatic heterocycles. The maximum absolute atomic E-state index is 15.0. The maximum Gasteiger partial charge on any atom is 0.229 e. The number of rotatable bonds is 6. The number of likely N-dealkylation sites (tertiary alicyclic amines) is 1. The van der Waals surface area contributed by atoms with E-state index in [1.165, 1.54) is 18.9 Å². The van der Waals surface area contributed by atoms with E-state index in [0.29, 0.717) is 34.5 Å². The van der Waals surface area contributed by atoms with Crippen LogP contribution in [-0.4, -0.2) is 66.0 Å². The molecule has 1 N–H and O–H groups in total. The number of hydrogen-bond donors (Lipinski definition) is 1. The maximum atomic E-state index is 15.0. The van der Waals surface area contributed by atoms with Crippen molar-refractivity contribution < 1.29 is 8.78 Å². The molecule has 1 aromatic carbocycles. The minimum atomic E-state index is -0.616. The van der Waals surface area contributed by atoms with E-state index >= 15 is 4.39 Å². The first kappa shape index (κ1) is 24.5. The van der Waals surface area contributed by atoms with E-state index in [1.54, 1.807) is 6.07 Å². The zero-order chi connectivity index (χ0) is 26.7. The van der Waals surface area contributed by atoms with Crippen LogP contribution in [0.25, 0.3) is 22.3 Å². The first-order chi connectivity index (χ1) is 19.0. The Morgan fingerprint density at radius 2 is 1.79 bits per heavy atom. The number of fused-ring (bicyclic) bond motifs is 5. The average molecular weight is 531 g/mol. The van der Waals surface area contributed by atoms with Gasteiger partial charge in [0.25, 0.3) is 0 Å². The second-order valence-electron chi connectivity index (χ2n) is 11.1. The molecule has 202 valence electrons. The quantitative estimate of drug-likeness (QED) is 0.372. The van der Waals surface area contributed by atoms with Gasteiger partial charge in [0.2, 0.25) is 5.95 Å². The van der Waals surface area contributed by atoms with Gasteiger partial charge in [-0.05, 0) is 56.5 Å². The molecule has 6 heterocycles. The molecule has 0 radical (unpaired) electrons. The molecule has 2 bridgehead atoms. The number of aryl methyl sites for hydroxylation is 1. The van der Waals surface area contributed by atoms with Crippen LogP contribution in [0, 0.1) is 11.6 Å². The summed E-state index contributed by atoms with van der Waals surface area (Å²) in [5.41, 5.74) is 2.53. The van der Waals surface area contributed by atoms with Crippen molar-refractivity contribution in [1.29, 1.82) is 0 Å². The van der Waals surface area contributed by atoms with Crippen molar-refractivity contribution in [3.05, 3.63) is 59.7 Å². The van der Waals surface area contributed by atoms with Crippen molar-refractivity contribution in [1.82, 2.24) is 34.3 Å². The smallest absolute Gasteiger partial charge is 0.229 e. The molecule has 0 aliphatic carbocycles. The molecule has 7 rings (SSSR count). The van der Waals surface area contributed by atoms with Crippen molar-refractivity contribution in [3.63, 3.8) is 0 Å². The first-order valence-electron chi connectivity index (χ1n) is 13.9. The number of likely N-dealkylation sites (N-methyl/N-ethyl adjacent to an activating group) is 1. The highest BCUT2D eigenvalue weighted by atomic mass is 19.1. The summed E-state index contributed by atoms with van der Waals surface area (Å²) >= 11 is 0. The van der Waals surface area contributed by atoms with E-state index in [4.69, 9.17) is 0 Å². The zero-order valence-electron chi connectivity index (χ0n) is 22.2. The Hall–Kier alpha value is -3.50. The third kappa shape index (κ3) is 4.35. The molecule has 3 atom stereocenters. The van der Waals surface area contributed by atoms with Crippen LogP contribution in [0.2, 0.25) is 0 Å². The summed E-state index contributed by atoms with van der Waals surface area (Å²) in [5.74, 6) is 0.539. The fourth-order valence-corrected chi connectivity index (χ4v) is 6.61. The van der Waals surface area contributed by atoms with Gasteiger partial charge in [-0.25, -0.2) is 28.7 Å². The van der Waals surface area contributed by atoms with Gasteiger partial charge in [-0.2, -0.15) is 0 Å². The summed E-state index contributed by atoms with van der Waals surface area (Å²) in [7, 11) is 0. The van der Waals surface area contributed by atoms with Gasteiger partial charge in [0.05, 0.1) is 11.7 Å².